The van der Waals surface area contributed by atoms with Gasteiger partial charge in [-0.25, -0.2) is 0 Å². The summed E-state index contributed by atoms with van der Waals surface area (Å²) >= 11 is 0.487. The Bertz CT molecular complexity index is 278. The van der Waals surface area contributed by atoms with Crippen LogP contribution in [0, 0.1) is 0 Å². The summed E-state index contributed by atoms with van der Waals surface area (Å²) in [5.74, 6) is -2.32. The first-order valence-corrected chi connectivity index (χ1v) is 5.13. The van der Waals surface area contributed by atoms with Crippen molar-refractivity contribution >= 4 is 28.8 Å². The van der Waals surface area contributed by atoms with Crippen molar-refractivity contribution in [3.05, 3.63) is 0 Å². The topological polar surface area (TPSA) is 121 Å². The molecule has 0 aliphatic heterocycles. The summed E-state index contributed by atoms with van der Waals surface area (Å²) in [6.45, 7) is 0.401. The van der Waals surface area contributed by atoms with E-state index < -0.39 is 41.6 Å². The van der Waals surface area contributed by atoms with Crippen molar-refractivity contribution in [1.82, 2.24) is 0 Å². The van der Waals surface area contributed by atoms with E-state index in [1.165, 1.54) is 6.92 Å². The van der Waals surface area contributed by atoms with E-state index >= 15 is 0 Å². The minimum atomic E-state index is -1.68. The van der Waals surface area contributed by atoms with Crippen LogP contribution >= 0.6 is 11.8 Å². The summed E-state index contributed by atoms with van der Waals surface area (Å²) in [5, 5.41) is 24.1. The van der Waals surface area contributed by atoms with Gasteiger partial charge in [0.05, 0.1) is 6.42 Å². The molecule has 0 aliphatic carbocycles. The number of aliphatic hydroxyl groups excluding tert-OH is 2. The molecule has 0 aliphatic rings. The van der Waals surface area contributed by atoms with Crippen LogP contribution in [0.15, 0.2) is 0 Å². The molecule has 2 atom stereocenters. The third kappa shape index (κ3) is 6.38. The van der Waals surface area contributed by atoms with Crippen LogP contribution < -0.4 is 0 Å². The van der Waals surface area contributed by atoms with Gasteiger partial charge in [-0.05, 0) is 0 Å². The van der Waals surface area contributed by atoms with Gasteiger partial charge in [0.15, 0.2) is 5.12 Å². The maximum absolute atomic E-state index is 11.0. The Morgan fingerprint density at radius 1 is 1.38 bits per heavy atom. The molecule has 0 saturated heterocycles. The molecule has 0 spiro atoms. The van der Waals surface area contributed by atoms with Crippen molar-refractivity contribution in [1.29, 1.82) is 0 Å². The number of rotatable bonds is 6. The maximum Gasteiger partial charge on any atom is 0.317 e. The Morgan fingerprint density at radius 3 is 2.31 bits per heavy atom. The number of carbonyl (C=O) groups excluding carboxylic acids is 2. The number of carboxylic acid groups (broad SMARTS) is 1. The minimum Gasteiger partial charge on any atom is -0.480 e. The van der Waals surface area contributed by atoms with Crippen LogP contribution in [0.1, 0.15) is 13.3 Å². The highest BCUT2D eigenvalue weighted by atomic mass is 32.2. The average molecular weight is 252 g/mol. The van der Waals surface area contributed by atoms with E-state index in [2.05, 4.69) is 4.74 Å². The van der Waals surface area contributed by atoms with Crippen molar-refractivity contribution < 1.29 is 34.4 Å². The van der Waals surface area contributed by atoms with Crippen molar-refractivity contribution in [2.24, 2.45) is 0 Å². The van der Waals surface area contributed by atoms with Crippen molar-refractivity contribution in [3.8, 4) is 0 Å². The summed E-state index contributed by atoms with van der Waals surface area (Å²) in [4.78, 5) is 32.3. The van der Waals surface area contributed by atoms with Crippen molar-refractivity contribution in [2.45, 2.75) is 24.9 Å². The first-order chi connectivity index (χ1) is 7.36. The molecule has 0 amide bonds. The summed E-state index contributed by atoms with van der Waals surface area (Å²) in [7, 11) is 0. The van der Waals surface area contributed by atoms with E-state index in [1.54, 1.807) is 0 Å². The van der Waals surface area contributed by atoms with Gasteiger partial charge in [-0.1, -0.05) is 11.8 Å². The fraction of sp³-hybridized carbons (Fsp3) is 0.625. The summed E-state index contributed by atoms with van der Waals surface area (Å²) in [5.41, 5.74) is 0. The first kappa shape index (κ1) is 14.9. The third-order valence-electron chi connectivity index (χ3n) is 1.36. The Labute approximate surface area is 95.4 Å². The lowest BCUT2D eigenvalue weighted by Crippen LogP contribution is -2.27. The van der Waals surface area contributed by atoms with E-state index in [-0.39, 0.29) is 0 Å². The van der Waals surface area contributed by atoms with E-state index in [1.807, 2.05) is 0 Å². The molecule has 16 heavy (non-hydrogen) atoms. The number of esters is 1. The smallest absolute Gasteiger partial charge is 0.317 e. The standard InChI is InChI=1S/C8H12O7S/c1-4(10)16-5(8(13)14)2-6(11)15-7(12)3-9/h5,7,9,12H,2-3H2,1H3,(H,13,14). The zero-order valence-corrected chi connectivity index (χ0v) is 9.27. The van der Waals surface area contributed by atoms with Gasteiger partial charge in [0.1, 0.15) is 11.9 Å². The molecule has 0 bridgehead atoms. The molecule has 0 saturated carbocycles. The second kappa shape index (κ2) is 7.20. The van der Waals surface area contributed by atoms with Gasteiger partial charge in [-0.2, -0.15) is 0 Å². The zero-order chi connectivity index (χ0) is 12.7. The van der Waals surface area contributed by atoms with Gasteiger partial charge in [0.25, 0.3) is 0 Å². The molecule has 3 N–H and O–H groups in total. The zero-order valence-electron chi connectivity index (χ0n) is 8.45. The molecule has 0 rings (SSSR count). The quantitative estimate of drug-likeness (QED) is 0.405. The Hall–Kier alpha value is -1.12. The fourth-order valence-electron chi connectivity index (χ4n) is 0.768. The predicted molar refractivity (Wildman–Crippen MR) is 53.5 cm³/mol. The molecule has 0 aromatic heterocycles. The van der Waals surface area contributed by atoms with Crippen LogP contribution in [0.4, 0.5) is 0 Å². The molecule has 0 fully saturated rings. The molecular weight excluding hydrogens is 240 g/mol. The monoisotopic (exact) mass is 252 g/mol. The molecule has 7 nitrogen and oxygen atoms in total. The second-order valence-electron chi connectivity index (χ2n) is 2.77. The van der Waals surface area contributed by atoms with E-state index in [9.17, 15) is 14.4 Å². The number of thioether (sulfide) groups is 1. The summed E-state index contributed by atoms with van der Waals surface area (Å²) in [6, 6.07) is 0. The van der Waals surface area contributed by atoms with Crippen LogP contribution in [0.25, 0.3) is 0 Å². The van der Waals surface area contributed by atoms with Gasteiger partial charge in [0.2, 0.25) is 6.29 Å². The van der Waals surface area contributed by atoms with Crippen molar-refractivity contribution in [3.63, 3.8) is 0 Å². The van der Waals surface area contributed by atoms with Gasteiger partial charge < -0.3 is 20.1 Å². The van der Waals surface area contributed by atoms with Crippen LogP contribution in [0.5, 0.6) is 0 Å². The SMILES string of the molecule is CC(=O)SC(CC(=O)OC(O)CO)C(=O)O. The van der Waals surface area contributed by atoms with E-state index in [4.69, 9.17) is 15.3 Å². The normalized spacial score (nSPS) is 13.9. The highest BCUT2D eigenvalue weighted by Gasteiger charge is 2.25. The Kier molecular flexibility index (Phi) is 6.70. The molecule has 0 aromatic carbocycles. The molecular formula is C8H12O7S. The maximum atomic E-state index is 11.0. The molecule has 0 aromatic rings. The molecule has 8 heteroatoms. The average Bonchev–Trinajstić information content (AvgIpc) is 2.15. The molecule has 0 heterocycles. The number of hydrogen-bond acceptors (Lipinski definition) is 7. The second-order valence-corrected chi connectivity index (χ2v) is 4.15. The number of aliphatic hydroxyl groups is 2. The molecule has 92 valence electrons. The van der Waals surface area contributed by atoms with Gasteiger partial charge in [0, 0.05) is 6.92 Å². The number of aliphatic carboxylic acids is 1. The predicted octanol–water partition coefficient (Wildman–Crippen LogP) is -1.04. The number of ether oxygens (including phenoxy) is 1. The highest BCUT2D eigenvalue weighted by molar-refractivity contribution is 8.14. The van der Waals surface area contributed by atoms with Crippen LogP contribution in [0.2, 0.25) is 0 Å². The highest BCUT2D eigenvalue weighted by Crippen LogP contribution is 2.16. The first-order valence-electron chi connectivity index (χ1n) is 4.25. The minimum absolute atomic E-state index is 0.442. The molecule has 2 unspecified atom stereocenters. The molecule has 0 radical (unpaired) electrons. The van der Waals surface area contributed by atoms with Crippen LogP contribution in [0.3, 0.4) is 0 Å². The van der Waals surface area contributed by atoms with Crippen molar-refractivity contribution in [2.75, 3.05) is 6.61 Å². The largest absolute Gasteiger partial charge is 0.480 e. The number of carboxylic acids is 1. The lowest BCUT2D eigenvalue weighted by Gasteiger charge is -2.12. The lowest BCUT2D eigenvalue weighted by molar-refractivity contribution is -0.174. The Balaban J connectivity index is 4.24. The van der Waals surface area contributed by atoms with Gasteiger partial charge in [-0.15, -0.1) is 0 Å². The van der Waals surface area contributed by atoms with E-state index in [0.29, 0.717) is 11.8 Å². The van der Waals surface area contributed by atoms with Gasteiger partial charge in [-0.3, -0.25) is 14.4 Å². The van der Waals surface area contributed by atoms with Crippen LogP contribution in [-0.4, -0.2) is 50.5 Å². The number of carbonyl (C=O) groups is 3. The van der Waals surface area contributed by atoms with E-state index in [0.717, 1.165) is 0 Å². The fourth-order valence-corrected chi connectivity index (χ4v) is 1.49. The summed E-state index contributed by atoms with van der Waals surface area (Å²) in [6.07, 6.45) is -2.24. The Morgan fingerprint density at radius 2 is 1.94 bits per heavy atom. The van der Waals surface area contributed by atoms with Crippen LogP contribution in [-0.2, 0) is 19.1 Å². The third-order valence-corrected chi connectivity index (χ3v) is 2.34. The summed E-state index contributed by atoms with van der Waals surface area (Å²) < 4.78 is 4.24. The lowest BCUT2D eigenvalue weighted by atomic mass is 10.3. The number of hydrogen-bond donors (Lipinski definition) is 3. The van der Waals surface area contributed by atoms with Gasteiger partial charge >= 0.3 is 11.9 Å².